The summed E-state index contributed by atoms with van der Waals surface area (Å²) < 4.78 is 3.08. The fourth-order valence-electron chi connectivity index (χ4n) is 3.69. The fourth-order valence-corrected chi connectivity index (χ4v) is 3.69. The Balaban J connectivity index is 0.00000289. The first-order valence-corrected chi connectivity index (χ1v) is 9.92. The van der Waals surface area contributed by atoms with Crippen molar-refractivity contribution in [1.29, 1.82) is 10.5 Å². The van der Waals surface area contributed by atoms with Crippen molar-refractivity contribution < 1.29 is 0 Å². The first kappa shape index (κ1) is 22.8. The molecule has 9 nitrogen and oxygen atoms in total. The number of hydrogen-bond acceptors (Lipinski definition) is 7. The van der Waals surface area contributed by atoms with Gasteiger partial charge in [0.1, 0.15) is 6.07 Å². The lowest BCUT2D eigenvalue weighted by Crippen LogP contribution is -2.44. The lowest BCUT2D eigenvalue weighted by atomic mass is 10.1. The first-order valence-electron chi connectivity index (χ1n) is 9.92. The second-order valence-electron chi connectivity index (χ2n) is 7.04. The number of nitrogens with zero attached hydrogens (tertiary/aromatic N) is 7. The van der Waals surface area contributed by atoms with E-state index in [1.807, 2.05) is 6.07 Å². The summed E-state index contributed by atoms with van der Waals surface area (Å²) in [6.45, 7) is 5.23. The third kappa shape index (κ3) is 4.15. The van der Waals surface area contributed by atoms with Crippen LogP contribution in [0.4, 0.5) is 5.95 Å². The van der Waals surface area contributed by atoms with Crippen LogP contribution in [0.1, 0.15) is 23.9 Å². The largest absolute Gasteiger partial charge is 0.340 e. The normalized spacial score (nSPS) is 12.9. The van der Waals surface area contributed by atoms with Gasteiger partial charge in [0.05, 0.1) is 24.7 Å². The number of nitrogens with one attached hydrogen (secondary N) is 1. The number of aromatic nitrogens is 4. The van der Waals surface area contributed by atoms with Gasteiger partial charge in [0.15, 0.2) is 11.2 Å². The Morgan fingerprint density at radius 3 is 2.53 bits per heavy atom. The van der Waals surface area contributed by atoms with Gasteiger partial charge in [-0.15, -0.1) is 18.3 Å². The molecular weight excluding hydrogens is 428 g/mol. The molecule has 162 valence electrons. The van der Waals surface area contributed by atoms with Crippen LogP contribution in [0.5, 0.6) is 0 Å². The number of nitriles is 2. The Morgan fingerprint density at radius 1 is 1.09 bits per heavy atom. The quantitative estimate of drug-likeness (QED) is 0.597. The maximum absolute atomic E-state index is 13.5. The van der Waals surface area contributed by atoms with Crippen LogP contribution in [0.2, 0.25) is 0 Å². The summed E-state index contributed by atoms with van der Waals surface area (Å²) in [7, 11) is 0. The van der Waals surface area contributed by atoms with Gasteiger partial charge >= 0.3 is 0 Å². The average Bonchev–Trinajstić information content (AvgIpc) is 3.18. The predicted molar refractivity (Wildman–Crippen MR) is 123 cm³/mol. The molecule has 0 aliphatic carbocycles. The minimum atomic E-state index is -0.374. The van der Waals surface area contributed by atoms with E-state index in [-0.39, 0.29) is 36.0 Å². The van der Waals surface area contributed by atoms with Crippen molar-refractivity contribution >= 4 is 29.5 Å². The Hall–Kier alpha value is -3.84. The third-order valence-electron chi connectivity index (χ3n) is 5.22. The second-order valence-corrected chi connectivity index (χ2v) is 7.04. The van der Waals surface area contributed by atoms with Gasteiger partial charge in [-0.3, -0.25) is 13.9 Å². The van der Waals surface area contributed by atoms with Crippen LogP contribution < -0.4 is 15.8 Å². The van der Waals surface area contributed by atoms with Gasteiger partial charge in [-0.2, -0.15) is 20.5 Å². The van der Waals surface area contributed by atoms with Crippen molar-refractivity contribution in [2.45, 2.75) is 20.0 Å². The maximum Gasteiger partial charge on any atom is 0.281 e. The first-order chi connectivity index (χ1) is 15.2. The summed E-state index contributed by atoms with van der Waals surface area (Å²) in [5, 5.41) is 22.4. The van der Waals surface area contributed by atoms with Crippen LogP contribution in [0.15, 0.2) is 29.1 Å². The molecule has 0 unspecified atom stereocenters. The molecule has 0 amide bonds. The summed E-state index contributed by atoms with van der Waals surface area (Å²) in [5.41, 5.74) is 1.26. The molecule has 1 aliphatic heterocycles. The van der Waals surface area contributed by atoms with E-state index in [1.165, 1.54) is 4.57 Å². The Bertz CT molecular complexity index is 1340. The molecule has 1 fully saturated rings. The Labute approximate surface area is 191 Å². The van der Waals surface area contributed by atoms with E-state index in [1.54, 1.807) is 35.8 Å². The lowest BCUT2D eigenvalue weighted by Gasteiger charge is -2.28. The third-order valence-corrected chi connectivity index (χ3v) is 5.22. The van der Waals surface area contributed by atoms with Gasteiger partial charge in [0.25, 0.3) is 5.56 Å². The number of imidazole rings is 1. The molecule has 1 N–H and O–H groups in total. The number of hydrogen-bond donors (Lipinski definition) is 1. The Kier molecular flexibility index (Phi) is 7.12. The summed E-state index contributed by atoms with van der Waals surface area (Å²) in [6, 6.07) is 11.1. The van der Waals surface area contributed by atoms with Gasteiger partial charge in [0.2, 0.25) is 11.8 Å². The van der Waals surface area contributed by atoms with Gasteiger partial charge in [0, 0.05) is 26.2 Å². The van der Waals surface area contributed by atoms with E-state index in [0.29, 0.717) is 29.1 Å². The number of fused-ring (bicyclic) bond motifs is 1. The van der Waals surface area contributed by atoms with E-state index in [0.717, 1.165) is 26.2 Å². The maximum atomic E-state index is 13.5. The minimum absolute atomic E-state index is 0. The summed E-state index contributed by atoms with van der Waals surface area (Å²) in [5.74, 6) is 6.47. The van der Waals surface area contributed by atoms with Crippen LogP contribution in [-0.4, -0.2) is 45.3 Å². The minimum Gasteiger partial charge on any atom is -0.340 e. The van der Waals surface area contributed by atoms with E-state index < -0.39 is 0 Å². The molecule has 0 bridgehead atoms. The topological polar surface area (TPSA) is 116 Å². The lowest BCUT2D eigenvalue weighted by molar-refractivity contribution is 0.572. The molecule has 0 atom stereocenters. The van der Waals surface area contributed by atoms with Crippen LogP contribution in [0, 0.1) is 34.5 Å². The highest BCUT2D eigenvalue weighted by Gasteiger charge is 2.24. The van der Waals surface area contributed by atoms with Crippen LogP contribution in [-0.2, 0) is 13.1 Å². The van der Waals surface area contributed by atoms with Crippen LogP contribution >= 0.6 is 12.4 Å². The van der Waals surface area contributed by atoms with Crippen LogP contribution in [0.3, 0.4) is 0 Å². The monoisotopic (exact) mass is 448 g/mol. The van der Waals surface area contributed by atoms with Gasteiger partial charge < -0.3 is 10.2 Å². The van der Waals surface area contributed by atoms with Crippen LogP contribution in [0.25, 0.3) is 11.2 Å². The van der Waals surface area contributed by atoms with E-state index in [4.69, 9.17) is 0 Å². The van der Waals surface area contributed by atoms with E-state index in [2.05, 4.69) is 38.1 Å². The molecule has 1 aromatic carbocycles. The zero-order chi connectivity index (χ0) is 21.8. The van der Waals surface area contributed by atoms with E-state index in [9.17, 15) is 15.3 Å². The summed E-state index contributed by atoms with van der Waals surface area (Å²) in [6.07, 6.45) is 0. The highest BCUT2D eigenvalue weighted by atomic mass is 35.5. The SMILES string of the molecule is CC#CCn1c(N2CCNCC2)nc2nc(C#N)n(Cc3ccccc3C#N)c(=O)c21.Cl. The molecule has 1 aliphatic rings. The number of rotatable bonds is 4. The summed E-state index contributed by atoms with van der Waals surface area (Å²) >= 11 is 0. The number of benzene rings is 1. The number of piperazine rings is 1. The molecule has 1 saturated heterocycles. The van der Waals surface area contributed by atoms with Crippen molar-refractivity contribution in [2.75, 3.05) is 31.1 Å². The summed E-state index contributed by atoms with van der Waals surface area (Å²) in [4.78, 5) is 24.6. The van der Waals surface area contributed by atoms with Crippen molar-refractivity contribution in [3.05, 3.63) is 51.6 Å². The van der Waals surface area contributed by atoms with Crippen molar-refractivity contribution in [3.63, 3.8) is 0 Å². The average molecular weight is 449 g/mol. The Morgan fingerprint density at radius 2 is 1.84 bits per heavy atom. The predicted octanol–water partition coefficient (Wildman–Crippen LogP) is 1.24. The molecule has 0 spiro atoms. The molecule has 32 heavy (non-hydrogen) atoms. The van der Waals surface area contributed by atoms with Gasteiger partial charge in [-0.05, 0) is 18.6 Å². The molecule has 0 saturated carbocycles. The molecular formula is C22H21ClN8O. The highest BCUT2D eigenvalue weighted by Crippen LogP contribution is 2.20. The molecule has 0 radical (unpaired) electrons. The van der Waals surface area contributed by atoms with Gasteiger partial charge in [-0.1, -0.05) is 24.1 Å². The van der Waals surface area contributed by atoms with Gasteiger partial charge in [-0.25, -0.2) is 0 Å². The molecule has 3 heterocycles. The number of anilines is 1. The zero-order valence-corrected chi connectivity index (χ0v) is 18.3. The standard InChI is InChI=1S/C22H20N8O.ClH/c1-2-3-10-29-19-20(27-22(29)28-11-8-25-9-12-28)26-18(14-24)30(21(19)31)15-17-7-5-4-6-16(17)13-23;/h4-7,25H,8-12,15H2,1H3;1H. The molecule has 2 aromatic heterocycles. The fraction of sp³-hybridized carbons (Fsp3) is 0.318. The van der Waals surface area contributed by atoms with Crippen molar-refractivity contribution in [3.8, 4) is 24.0 Å². The van der Waals surface area contributed by atoms with Crippen molar-refractivity contribution in [2.24, 2.45) is 0 Å². The van der Waals surface area contributed by atoms with Crippen molar-refractivity contribution in [1.82, 2.24) is 24.4 Å². The number of halogens is 1. The second kappa shape index (κ2) is 9.98. The van der Waals surface area contributed by atoms with E-state index >= 15 is 0 Å². The zero-order valence-electron chi connectivity index (χ0n) is 17.5. The molecule has 4 rings (SSSR count). The molecule has 10 heteroatoms. The highest BCUT2D eigenvalue weighted by molar-refractivity contribution is 5.85. The molecule has 3 aromatic rings. The smallest absolute Gasteiger partial charge is 0.281 e.